The minimum atomic E-state index is 0. The van der Waals surface area contributed by atoms with Gasteiger partial charge in [0.25, 0.3) is 0 Å². The van der Waals surface area contributed by atoms with E-state index in [9.17, 15) is 0 Å². The van der Waals surface area contributed by atoms with E-state index in [1.54, 1.807) is 0 Å². The molecule has 0 spiro atoms. The minimum Gasteiger partial charge on any atom is -0.379 e. The van der Waals surface area contributed by atoms with E-state index in [2.05, 4.69) is 66.2 Å². The average molecular weight is 486 g/mol. The Morgan fingerprint density at radius 3 is 2.56 bits per heavy atom. The number of guanidine groups is 1. The maximum Gasteiger partial charge on any atom is 0.194 e. The van der Waals surface area contributed by atoms with Gasteiger partial charge in [0.1, 0.15) is 0 Å². The molecule has 3 rings (SSSR count). The number of halogens is 1. The number of rotatable bonds is 5. The van der Waals surface area contributed by atoms with Gasteiger partial charge in [-0.25, -0.2) is 0 Å². The summed E-state index contributed by atoms with van der Waals surface area (Å²) in [6, 6.07) is 10.9. The summed E-state index contributed by atoms with van der Waals surface area (Å²) in [7, 11) is 0. The first-order chi connectivity index (χ1) is 12.6. The molecule has 1 aromatic carbocycles. The van der Waals surface area contributed by atoms with Gasteiger partial charge in [-0.2, -0.15) is 0 Å². The van der Waals surface area contributed by atoms with Crippen molar-refractivity contribution < 1.29 is 4.74 Å². The van der Waals surface area contributed by atoms with Crippen LogP contribution in [0.15, 0.2) is 35.3 Å². The first-order valence-corrected chi connectivity index (χ1v) is 10.0. The zero-order valence-electron chi connectivity index (χ0n) is 17.0. The van der Waals surface area contributed by atoms with Crippen LogP contribution in [-0.2, 0) is 4.74 Å². The van der Waals surface area contributed by atoms with Gasteiger partial charge >= 0.3 is 0 Å². The van der Waals surface area contributed by atoms with E-state index in [1.807, 2.05) is 0 Å². The summed E-state index contributed by atoms with van der Waals surface area (Å²) in [5, 5.41) is 3.50. The molecule has 2 saturated heterocycles. The van der Waals surface area contributed by atoms with Crippen LogP contribution in [0.2, 0.25) is 0 Å². The van der Waals surface area contributed by atoms with Gasteiger partial charge in [-0.15, -0.1) is 24.0 Å². The van der Waals surface area contributed by atoms with Gasteiger partial charge in [0.05, 0.1) is 19.8 Å². The normalized spacial score (nSPS) is 21.8. The fourth-order valence-corrected chi connectivity index (χ4v) is 3.91. The number of aliphatic imine (C=N–C) groups is 1. The highest BCUT2D eigenvalue weighted by Crippen LogP contribution is 2.27. The molecule has 2 aliphatic heterocycles. The Labute approximate surface area is 181 Å². The molecule has 1 atom stereocenters. The second-order valence-corrected chi connectivity index (χ2v) is 7.92. The zero-order chi connectivity index (χ0) is 18.4. The van der Waals surface area contributed by atoms with Crippen molar-refractivity contribution in [3.05, 3.63) is 35.9 Å². The number of morpholine rings is 1. The molecule has 0 amide bonds. The molecule has 27 heavy (non-hydrogen) atoms. The molecule has 0 saturated carbocycles. The van der Waals surface area contributed by atoms with Gasteiger partial charge < -0.3 is 15.0 Å². The second kappa shape index (κ2) is 10.6. The minimum absolute atomic E-state index is 0. The van der Waals surface area contributed by atoms with Gasteiger partial charge in [0.15, 0.2) is 5.96 Å². The summed E-state index contributed by atoms with van der Waals surface area (Å²) in [6.07, 6.45) is 1.20. The van der Waals surface area contributed by atoms with Crippen molar-refractivity contribution in [2.24, 2.45) is 4.99 Å². The van der Waals surface area contributed by atoms with E-state index in [-0.39, 0.29) is 29.5 Å². The van der Waals surface area contributed by atoms with Crippen LogP contribution in [0.5, 0.6) is 0 Å². The molecule has 0 aromatic heterocycles. The van der Waals surface area contributed by atoms with Crippen LogP contribution in [-0.4, -0.2) is 73.8 Å². The summed E-state index contributed by atoms with van der Waals surface area (Å²) in [5.41, 5.74) is 1.50. The molecule has 1 aromatic rings. The quantitative estimate of drug-likeness (QED) is 0.395. The first-order valence-electron chi connectivity index (χ1n) is 10.0. The SMILES string of the molecule is CCNC(=NCC(C)(C)N1CCOCC1)N1CCC(c2ccccc2)C1.I. The molecule has 0 aliphatic carbocycles. The molecule has 2 heterocycles. The van der Waals surface area contributed by atoms with Crippen LogP contribution in [0, 0.1) is 0 Å². The van der Waals surface area contributed by atoms with E-state index >= 15 is 0 Å². The highest BCUT2D eigenvalue weighted by molar-refractivity contribution is 14.0. The lowest BCUT2D eigenvalue weighted by molar-refractivity contribution is -0.00688. The predicted octanol–water partition coefficient (Wildman–Crippen LogP) is 3.17. The van der Waals surface area contributed by atoms with E-state index in [0.29, 0.717) is 5.92 Å². The molecular formula is C21H35IN4O. The number of hydrogen-bond donors (Lipinski definition) is 1. The van der Waals surface area contributed by atoms with Crippen molar-refractivity contribution in [1.29, 1.82) is 0 Å². The van der Waals surface area contributed by atoms with E-state index in [1.165, 1.54) is 12.0 Å². The Hall–Kier alpha value is -0.860. The van der Waals surface area contributed by atoms with Crippen LogP contribution in [0.1, 0.15) is 38.7 Å². The fraction of sp³-hybridized carbons (Fsp3) is 0.667. The predicted molar refractivity (Wildman–Crippen MR) is 123 cm³/mol. The number of nitrogens with one attached hydrogen (secondary N) is 1. The highest BCUT2D eigenvalue weighted by atomic mass is 127. The third kappa shape index (κ3) is 6.06. The Balaban J connectivity index is 0.00000261. The monoisotopic (exact) mass is 486 g/mol. The summed E-state index contributed by atoms with van der Waals surface area (Å²) >= 11 is 0. The maximum absolute atomic E-state index is 5.50. The third-order valence-electron chi connectivity index (χ3n) is 5.58. The number of benzene rings is 1. The molecule has 1 unspecified atom stereocenters. The number of nitrogens with zero attached hydrogens (tertiary/aromatic N) is 3. The van der Waals surface area contributed by atoms with Crippen LogP contribution in [0.4, 0.5) is 0 Å². The molecule has 0 radical (unpaired) electrons. The van der Waals surface area contributed by atoms with Crippen molar-refractivity contribution in [1.82, 2.24) is 15.1 Å². The van der Waals surface area contributed by atoms with E-state index in [0.717, 1.165) is 58.4 Å². The number of hydrogen-bond acceptors (Lipinski definition) is 3. The van der Waals surface area contributed by atoms with Crippen molar-refractivity contribution in [2.45, 2.75) is 38.6 Å². The average Bonchev–Trinajstić information content (AvgIpc) is 3.16. The fourth-order valence-electron chi connectivity index (χ4n) is 3.91. The van der Waals surface area contributed by atoms with Gasteiger partial charge in [-0.1, -0.05) is 30.3 Å². The maximum atomic E-state index is 5.50. The van der Waals surface area contributed by atoms with Gasteiger partial charge in [0.2, 0.25) is 0 Å². The van der Waals surface area contributed by atoms with Crippen molar-refractivity contribution in [3.63, 3.8) is 0 Å². The van der Waals surface area contributed by atoms with E-state index < -0.39 is 0 Å². The highest BCUT2D eigenvalue weighted by Gasteiger charge is 2.30. The molecule has 2 fully saturated rings. The number of likely N-dealkylation sites (tertiary alicyclic amines) is 1. The Bertz CT molecular complexity index is 587. The van der Waals surface area contributed by atoms with Crippen molar-refractivity contribution in [3.8, 4) is 0 Å². The van der Waals surface area contributed by atoms with Crippen LogP contribution in [0.3, 0.4) is 0 Å². The van der Waals surface area contributed by atoms with E-state index in [4.69, 9.17) is 9.73 Å². The Morgan fingerprint density at radius 1 is 1.19 bits per heavy atom. The molecule has 152 valence electrons. The lowest BCUT2D eigenvalue weighted by Gasteiger charge is -2.40. The molecular weight excluding hydrogens is 451 g/mol. The summed E-state index contributed by atoms with van der Waals surface area (Å²) in [5.74, 6) is 1.67. The summed E-state index contributed by atoms with van der Waals surface area (Å²) in [6.45, 7) is 14.2. The second-order valence-electron chi connectivity index (χ2n) is 7.92. The lowest BCUT2D eigenvalue weighted by atomic mass is 9.99. The molecule has 2 aliphatic rings. The smallest absolute Gasteiger partial charge is 0.194 e. The van der Waals surface area contributed by atoms with Crippen LogP contribution >= 0.6 is 24.0 Å². The van der Waals surface area contributed by atoms with Gasteiger partial charge in [0, 0.05) is 44.2 Å². The first kappa shape index (κ1) is 22.4. The number of ether oxygens (including phenoxy) is 1. The van der Waals surface area contributed by atoms with Gasteiger partial charge in [-0.05, 0) is 32.8 Å². The Morgan fingerprint density at radius 2 is 1.89 bits per heavy atom. The van der Waals surface area contributed by atoms with Crippen molar-refractivity contribution >= 4 is 29.9 Å². The topological polar surface area (TPSA) is 40.1 Å². The van der Waals surface area contributed by atoms with Crippen molar-refractivity contribution in [2.75, 3.05) is 52.5 Å². The molecule has 1 N–H and O–H groups in total. The van der Waals surface area contributed by atoms with Crippen LogP contribution in [0.25, 0.3) is 0 Å². The zero-order valence-corrected chi connectivity index (χ0v) is 19.3. The van der Waals surface area contributed by atoms with Gasteiger partial charge in [-0.3, -0.25) is 9.89 Å². The Kier molecular flexibility index (Phi) is 8.82. The summed E-state index contributed by atoms with van der Waals surface area (Å²) in [4.78, 5) is 9.95. The molecule has 6 heteroatoms. The summed E-state index contributed by atoms with van der Waals surface area (Å²) < 4.78 is 5.50. The van der Waals surface area contributed by atoms with Crippen LogP contribution < -0.4 is 5.32 Å². The standard InChI is InChI=1S/C21H34N4O.HI/c1-4-22-20(23-17-21(2,3)25-12-14-26-15-13-25)24-11-10-19(16-24)18-8-6-5-7-9-18;/h5-9,19H,4,10-17H2,1-3H3,(H,22,23);1H. The third-order valence-corrected chi connectivity index (χ3v) is 5.58. The molecule has 0 bridgehead atoms. The molecule has 5 nitrogen and oxygen atoms in total. The lowest BCUT2D eigenvalue weighted by Crippen LogP contribution is -2.52. The largest absolute Gasteiger partial charge is 0.379 e.